The average Bonchev–Trinajstić information content (AvgIpc) is 3.12. The Morgan fingerprint density at radius 3 is 1.97 bits per heavy atom. The van der Waals surface area contributed by atoms with Crippen LogP contribution in [-0.4, -0.2) is 26.2 Å². The van der Waals surface area contributed by atoms with Crippen molar-refractivity contribution in [1.29, 1.82) is 0 Å². The lowest BCUT2D eigenvalue weighted by atomic mass is 9.32. The molecular weight excluding hydrogens is 564 g/mol. The summed E-state index contributed by atoms with van der Waals surface area (Å²) in [4.78, 5) is 0. The molecule has 1 unspecified atom stereocenters. The van der Waals surface area contributed by atoms with Gasteiger partial charge in [-0.1, -0.05) is 73.4 Å². The van der Waals surface area contributed by atoms with Crippen LogP contribution in [0.15, 0.2) is 0 Å². The summed E-state index contributed by atoms with van der Waals surface area (Å²) < 4.78 is 0.0954. The standard InChI is InChI=1S/C31H50Br2O2/c1-25(2)21-10-13-28(5)22(26(21,3)12-11-23(25)35)8-7-19-24-20(29(6)17-31(29,32)33)9-14-30(24,18-34)16-15-27(19,28)4/h19-24,34-35H,7-18H2,1-6H3/t19-,20-,21+,22-,23+,24+,26+,27-,28-,29?,30-/m1/s1. The summed E-state index contributed by atoms with van der Waals surface area (Å²) in [5.41, 5.74) is 1.53. The van der Waals surface area contributed by atoms with E-state index in [9.17, 15) is 10.2 Å². The number of fused-ring (bicyclic) bond motifs is 7. The van der Waals surface area contributed by atoms with Crippen molar-refractivity contribution < 1.29 is 10.2 Å². The first-order chi connectivity index (χ1) is 16.1. The van der Waals surface area contributed by atoms with Crippen LogP contribution in [0.25, 0.3) is 0 Å². The molecular formula is C31H50Br2O2. The van der Waals surface area contributed by atoms with Crippen molar-refractivity contribution >= 4 is 31.9 Å². The van der Waals surface area contributed by atoms with Crippen molar-refractivity contribution in [2.75, 3.05) is 6.61 Å². The highest BCUT2D eigenvalue weighted by molar-refractivity contribution is 9.25. The highest BCUT2D eigenvalue weighted by atomic mass is 79.9. The molecule has 6 saturated carbocycles. The van der Waals surface area contributed by atoms with Crippen LogP contribution >= 0.6 is 31.9 Å². The Bertz CT molecular complexity index is 902. The van der Waals surface area contributed by atoms with Crippen molar-refractivity contribution in [3.8, 4) is 0 Å². The molecule has 0 aromatic rings. The van der Waals surface area contributed by atoms with Crippen LogP contribution < -0.4 is 0 Å². The molecule has 35 heavy (non-hydrogen) atoms. The van der Waals surface area contributed by atoms with Gasteiger partial charge in [0.2, 0.25) is 0 Å². The summed E-state index contributed by atoms with van der Waals surface area (Å²) in [6, 6.07) is 0. The van der Waals surface area contributed by atoms with Crippen LogP contribution in [0.1, 0.15) is 112 Å². The Balaban J connectivity index is 1.39. The zero-order chi connectivity index (χ0) is 25.4. The number of hydrogen-bond donors (Lipinski definition) is 2. The molecule has 0 radical (unpaired) electrons. The number of aliphatic hydroxyl groups is 2. The molecule has 2 nitrogen and oxygen atoms in total. The van der Waals surface area contributed by atoms with Crippen molar-refractivity contribution in [2.24, 2.45) is 62.1 Å². The summed E-state index contributed by atoms with van der Waals surface area (Å²) in [5, 5.41) is 21.9. The van der Waals surface area contributed by atoms with E-state index in [1.165, 1.54) is 64.2 Å². The van der Waals surface area contributed by atoms with Gasteiger partial charge in [0.1, 0.15) is 0 Å². The number of rotatable bonds is 2. The predicted octanol–water partition coefficient (Wildman–Crippen LogP) is 8.32. The number of hydrogen-bond acceptors (Lipinski definition) is 2. The zero-order valence-electron chi connectivity index (χ0n) is 23.1. The van der Waals surface area contributed by atoms with Crippen molar-refractivity contribution in [3.63, 3.8) is 0 Å². The lowest BCUT2D eigenvalue weighted by Gasteiger charge is -2.73. The average molecular weight is 615 g/mol. The third-order valence-electron chi connectivity index (χ3n) is 15.0. The molecule has 0 heterocycles. The van der Waals surface area contributed by atoms with Crippen LogP contribution in [0.2, 0.25) is 0 Å². The summed E-state index contributed by atoms with van der Waals surface area (Å²) >= 11 is 8.07. The maximum absolute atomic E-state index is 11.0. The maximum atomic E-state index is 11.0. The van der Waals surface area contributed by atoms with E-state index in [-0.39, 0.29) is 20.2 Å². The maximum Gasteiger partial charge on any atom is 0.0868 e. The molecule has 0 aromatic carbocycles. The molecule has 6 rings (SSSR count). The highest BCUT2D eigenvalue weighted by Gasteiger charge is 2.75. The van der Waals surface area contributed by atoms with Gasteiger partial charge in [-0.25, -0.2) is 0 Å². The molecule has 4 heteroatoms. The van der Waals surface area contributed by atoms with Crippen LogP contribution in [-0.2, 0) is 0 Å². The second kappa shape index (κ2) is 7.54. The first kappa shape index (κ1) is 26.1. The van der Waals surface area contributed by atoms with E-state index in [2.05, 4.69) is 73.4 Å². The summed E-state index contributed by atoms with van der Waals surface area (Å²) in [6.45, 7) is 15.7. The SMILES string of the molecule is CC1(C)[C@@H](O)CC[C@]2(C)[C@H]3CC[C@@H]4[C@H]5[C@H](C6(C)CC6(Br)Br)CC[C@]5(CO)CC[C@@]4(C)[C@]3(C)CC[C@@H]12. The molecule has 11 atom stereocenters. The monoisotopic (exact) mass is 612 g/mol. The lowest BCUT2D eigenvalue weighted by molar-refractivity contribution is -0.251. The molecule has 6 fully saturated rings. The Hall–Kier alpha value is 0.880. The zero-order valence-corrected chi connectivity index (χ0v) is 26.3. The molecule has 0 aliphatic heterocycles. The van der Waals surface area contributed by atoms with Crippen molar-refractivity contribution in [1.82, 2.24) is 0 Å². The topological polar surface area (TPSA) is 40.5 Å². The van der Waals surface area contributed by atoms with Gasteiger partial charge in [0.15, 0.2) is 0 Å². The Morgan fingerprint density at radius 2 is 1.34 bits per heavy atom. The first-order valence-electron chi connectivity index (χ1n) is 14.8. The third kappa shape index (κ3) is 3.01. The van der Waals surface area contributed by atoms with E-state index in [0.717, 1.165) is 18.3 Å². The van der Waals surface area contributed by atoms with Gasteiger partial charge >= 0.3 is 0 Å². The molecule has 0 saturated heterocycles. The minimum atomic E-state index is -0.149. The van der Waals surface area contributed by atoms with Crippen molar-refractivity contribution in [3.05, 3.63) is 0 Å². The van der Waals surface area contributed by atoms with Gasteiger partial charge in [-0.05, 0) is 133 Å². The van der Waals surface area contributed by atoms with E-state index in [4.69, 9.17) is 0 Å². The van der Waals surface area contributed by atoms with Crippen LogP contribution in [0, 0.1) is 62.1 Å². The minimum Gasteiger partial charge on any atom is -0.396 e. The van der Waals surface area contributed by atoms with Gasteiger partial charge in [0.25, 0.3) is 0 Å². The lowest BCUT2D eigenvalue weighted by Crippen LogP contribution is -2.67. The fourth-order valence-electron chi connectivity index (χ4n) is 12.5. The van der Waals surface area contributed by atoms with E-state index >= 15 is 0 Å². The highest BCUT2D eigenvalue weighted by Crippen LogP contribution is 2.81. The molecule has 0 spiro atoms. The molecule has 0 amide bonds. The molecule has 6 aliphatic rings. The van der Waals surface area contributed by atoms with Gasteiger partial charge in [0, 0.05) is 6.61 Å². The normalized spacial score (nSPS) is 60.2. The van der Waals surface area contributed by atoms with Crippen molar-refractivity contribution in [2.45, 2.75) is 122 Å². The number of halogens is 2. The molecule has 0 aromatic heterocycles. The second-order valence-corrected chi connectivity index (χ2v) is 19.8. The predicted molar refractivity (Wildman–Crippen MR) is 151 cm³/mol. The second-order valence-electron chi connectivity index (χ2n) is 16.0. The van der Waals surface area contributed by atoms with Crippen LogP contribution in [0.4, 0.5) is 0 Å². The summed E-state index contributed by atoms with van der Waals surface area (Å²) in [5.74, 6) is 3.47. The van der Waals surface area contributed by atoms with Crippen LogP contribution in [0.5, 0.6) is 0 Å². The van der Waals surface area contributed by atoms with E-state index in [1.807, 2.05) is 0 Å². The Morgan fingerprint density at radius 1 is 0.686 bits per heavy atom. The first-order valence-corrected chi connectivity index (χ1v) is 16.4. The van der Waals surface area contributed by atoms with Gasteiger partial charge in [-0.3, -0.25) is 0 Å². The third-order valence-corrected chi connectivity index (χ3v) is 17.4. The number of alkyl halides is 2. The molecule has 6 aliphatic carbocycles. The van der Waals surface area contributed by atoms with E-state index in [0.29, 0.717) is 46.0 Å². The molecule has 0 bridgehead atoms. The van der Waals surface area contributed by atoms with Gasteiger partial charge in [-0.15, -0.1) is 0 Å². The smallest absolute Gasteiger partial charge is 0.0868 e. The number of aliphatic hydroxyl groups excluding tert-OH is 2. The quantitative estimate of drug-likeness (QED) is 0.307. The van der Waals surface area contributed by atoms with E-state index in [1.54, 1.807) is 0 Å². The Kier molecular flexibility index (Phi) is 5.63. The van der Waals surface area contributed by atoms with Gasteiger partial charge in [-0.2, -0.15) is 0 Å². The summed E-state index contributed by atoms with van der Waals surface area (Å²) in [6.07, 6.45) is 13.6. The molecule has 2 N–H and O–H groups in total. The fraction of sp³-hybridized carbons (Fsp3) is 1.00. The Labute approximate surface area is 231 Å². The molecule has 200 valence electrons. The van der Waals surface area contributed by atoms with Gasteiger partial charge < -0.3 is 10.2 Å². The van der Waals surface area contributed by atoms with Gasteiger partial charge in [0.05, 0.1) is 9.34 Å². The minimum absolute atomic E-state index is 0.0247. The van der Waals surface area contributed by atoms with Crippen LogP contribution in [0.3, 0.4) is 0 Å². The fourth-order valence-corrected chi connectivity index (χ4v) is 14.3. The van der Waals surface area contributed by atoms with E-state index < -0.39 is 0 Å². The summed E-state index contributed by atoms with van der Waals surface area (Å²) in [7, 11) is 0. The largest absolute Gasteiger partial charge is 0.396 e.